The monoisotopic (exact) mass is 406 g/mol. The summed E-state index contributed by atoms with van der Waals surface area (Å²) in [4.78, 5) is 11.3. The predicted octanol–water partition coefficient (Wildman–Crippen LogP) is 2.69. The largest absolute Gasteiger partial charge is 0.453 e. The number of aromatic nitrogens is 2. The summed E-state index contributed by atoms with van der Waals surface area (Å²) in [6.07, 6.45) is 2.83. The van der Waals surface area contributed by atoms with Crippen molar-refractivity contribution in [1.82, 2.24) is 14.5 Å². The van der Waals surface area contributed by atoms with Gasteiger partial charge in [0.05, 0.1) is 18.0 Å². The molecule has 0 fully saturated rings. The van der Waals surface area contributed by atoms with Gasteiger partial charge in [-0.25, -0.2) is 17.9 Å². The number of thiophene rings is 1. The molecule has 0 spiro atoms. The van der Waals surface area contributed by atoms with Gasteiger partial charge in [0.15, 0.2) is 0 Å². The third-order valence-corrected chi connectivity index (χ3v) is 5.98. The van der Waals surface area contributed by atoms with E-state index in [1.54, 1.807) is 34.5 Å². The maximum absolute atomic E-state index is 12.6. The molecule has 1 atom stereocenters. The van der Waals surface area contributed by atoms with Gasteiger partial charge in [0, 0.05) is 24.6 Å². The molecule has 0 saturated carbocycles. The molecule has 1 aromatic carbocycles. The van der Waals surface area contributed by atoms with Gasteiger partial charge < -0.3 is 4.74 Å². The summed E-state index contributed by atoms with van der Waals surface area (Å²) >= 11 is 1.54. The van der Waals surface area contributed by atoms with E-state index in [-0.39, 0.29) is 17.5 Å². The van der Waals surface area contributed by atoms with Crippen LogP contribution in [0.4, 0.5) is 10.5 Å². The van der Waals surface area contributed by atoms with Crippen LogP contribution in [-0.2, 0) is 14.8 Å². The molecule has 2 N–H and O–H groups in total. The Morgan fingerprint density at radius 3 is 2.67 bits per heavy atom. The highest BCUT2D eigenvalue weighted by Gasteiger charge is 2.20. The highest BCUT2D eigenvalue weighted by Crippen LogP contribution is 2.21. The van der Waals surface area contributed by atoms with Crippen LogP contribution in [0.2, 0.25) is 0 Å². The highest BCUT2D eigenvalue weighted by molar-refractivity contribution is 7.89. The Kier molecular flexibility index (Phi) is 5.89. The number of benzene rings is 1. The zero-order valence-electron chi connectivity index (χ0n) is 14.4. The van der Waals surface area contributed by atoms with E-state index in [9.17, 15) is 13.2 Å². The SMILES string of the molecule is COC(=O)Nc1ccc(S(=O)(=O)NCC(c2ccsc2)n2cccn2)cc1. The average Bonchev–Trinajstić information content (AvgIpc) is 3.37. The standard InChI is InChI=1S/C17H18N4O4S2/c1-25-17(22)20-14-3-5-15(6-4-14)27(23,24)19-11-16(13-7-10-26-12-13)21-9-2-8-18-21/h2-10,12,16,19H,11H2,1H3,(H,20,22). The van der Waals surface area contributed by atoms with Crippen LogP contribution >= 0.6 is 11.3 Å². The second-order valence-electron chi connectivity index (χ2n) is 5.55. The molecule has 0 aliphatic heterocycles. The fourth-order valence-electron chi connectivity index (χ4n) is 2.45. The normalized spacial score (nSPS) is 12.5. The summed E-state index contributed by atoms with van der Waals surface area (Å²) in [5, 5.41) is 10.6. The summed E-state index contributed by atoms with van der Waals surface area (Å²) < 4.78 is 34.1. The molecule has 3 aromatic rings. The summed E-state index contributed by atoms with van der Waals surface area (Å²) in [6.45, 7) is 0.156. The van der Waals surface area contributed by atoms with Gasteiger partial charge >= 0.3 is 6.09 Å². The second-order valence-corrected chi connectivity index (χ2v) is 8.10. The summed E-state index contributed by atoms with van der Waals surface area (Å²) in [5.74, 6) is 0. The van der Waals surface area contributed by atoms with E-state index in [0.29, 0.717) is 5.69 Å². The van der Waals surface area contributed by atoms with Gasteiger partial charge in [-0.05, 0) is 52.7 Å². The lowest BCUT2D eigenvalue weighted by atomic mass is 10.1. The van der Waals surface area contributed by atoms with Crippen molar-refractivity contribution in [1.29, 1.82) is 0 Å². The van der Waals surface area contributed by atoms with E-state index in [1.807, 2.05) is 16.8 Å². The van der Waals surface area contributed by atoms with Crippen LogP contribution in [0, 0.1) is 0 Å². The number of carbonyl (C=O) groups is 1. The van der Waals surface area contributed by atoms with Crippen molar-refractivity contribution >= 4 is 33.1 Å². The van der Waals surface area contributed by atoms with Crippen molar-refractivity contribution in [2.45, 2.75) is 10.9 Å². The minimum Gasteiger partial charge on any atom is -0.453 e. The Hall–Kier alpha value is -2.69. The fourth-order valence-corrected chi connectivity index (χ4v) is 4.20. The van der Waals surface area contributed by atoms with Crippen LogP contribution in [0.3, 0.4) is 0 Å². The van der Waals surface area contributed by atoms with Crippen molar-refractivity contribution in [3.05, 3.63) is 65.1 Å². The Balaban J connectivity index is 1.72. The summed E-state index contributed by atoms with van der Waals surface area (Å²) in [7, 11) is -2.47. The van der Waals surface area contributed by atoms with E-state index in [4.69, 9.17) is 0 Å². The molecule has 0 bridgehead atoms. The number of rotatable bonds is 7. The number of ether oxygens (including phenoxy) is 1. The van der Waals surface area contributed by atoms with E-state index in [1.165, 1.54) is 31.4 Å². The van der Waals surface area contributed by atoms with Crippen LogP contribution < -0.4 is 10.0 Å². The number of carbonyl (C=O) groups excluding carboxylic acids is 1. The molecule has 1 amide bonds. The highest BCUT2D eigenvalue weighted by atomic mass is 32.2. The average molecular weight is 406 g/mol. The third-order valence-electron chi connectivity index (χ3n) is 3.84. The van der Waals surface area contributed by atoms with Crippen molar-refractivity contribution in [3.8, 4) is 0 Å². The number of sulfonamides is 1. The number of anilines is 1. The molecule has 0 aliphatic rings. The molecule has 0 aliphatic carbocycles. The zero-order valence-corrected chi connectivity index (χ0v) is 16.0. The maximum atomic E-state index is 12.6. The molecular weight excluding hydrogens is 388 g/mol. The molecule has 2 aromatic heterocycles. The Morgan fingerprint density at radius 1 is 1.30 bits per heavy atom. The van der Waals surface area contributed by atoms with Crippen LogP contribution in [0.5, 0.6) is 0 Å². The molecular formula is C17H18N4O4S2. The van der Waals surface area contributed by atoms with E-state index in [0.717, 1.165) is 5.56 Å². The zero-order chi connectivity index (χ0) is 19.3. The molecule has 8 nitrogen and oxygen atoms in total. The Labute approximate surface area is 160 Å². The number of nitrogens with one attached hydrogen (secondary N) is 2. The summed E-state index contributed by atoms with van der Waals surface area (Å²) in [5.41, 5.74) is 1.41. The van der Waals surface area contributed by atoms with E-state index in [2.05, 4.69) is 19.9 Å². The lowest BCUT2D eigenvalue weighted by Gasteiger charge is -2.17. The molecule has 0 radical (unpaired) electrons. The lowest BCUT2D eigenvalue weighted by molar-refractivity contribution is 0.187. The quantitative estimate of drug-likeness (QED) is 0.628. The Bertz CT molecular complexity index is 934. The maximum Gasteiger partial charge on any atom is 0.411 e. The van der Waals surface area contributed by atoms with Crippen LogP contribution in [-0.4, -0.2) is 37.9 Å². The molecule has 27 heavy (non-hydrogen) atoms. The Morgan fingerprint density at radius 2 is 2.07 bits per heavy atom. The third kappa shape index (κ3) is 4.73. The number of methoxy groups -OCH3 is 1. The molecule has 1 unspecified atom stereocenters. The van der Waals surface area contributed by atoms with Gasteiger partial charge in [0.1, 0.15) is 0 Å². The number of nitrogens with zero attached hydrogens (tertiary/aromatic N) is 2. The van der Waals surface area contributed by atoms with Gasteiger partial charge in [-0.15, -0.1) is 0 Å². The summed E-state index contributed by atoms with van der Waals surface area (Å²) in [6, 6.07) is 9.31. The predicted molar refractivity (Wildman–Crippen MR) is 102 cm³/mol. The van der Waals surface area contributed by atoms with Crippen molar-refractivity contribution in [2.75, 3.05) is 19.0 Å². The molecule has 0 saturated heterocycles. The van der Waals surface area contributed by atoms with Gasteiger partial charge in [-0.2, -0.15) is 16.4 Å². The van der Waals surface area contributed by atoms with E-state index >= 15 is 0 Å². The van der Waals surface area contributed by atoms with Crippen LogP contribution in [0.15, 0.2) is 64.4 Å². The molecule has 2 heterocycles. The number of hydrogen-bond acceptors (Lipinski definition) is 6. The topological polar surface area (TPSA) is 102 Å². The van der Waals surface area contributed by atoms with Crippen molar-refractivity contribution < 1.29 is 17.9 Å². The lowest BCUT2D eigenvalue weighted by Crippen LogP contribution is -2.31. The van der Waals surface area contributed by atoms with Crippen molar-refractivity contribution in [2.24, 2.45) is 0 Å². The van der Waals surface area contributed by atoms with E-state index < -0.39 is 16.1 Å². The smallest absolute Gasteiger partial charge is 0.411 e. The first-order chi connectivity index (χ1) is 13.0. The van der Waals surface area contributed by atoms with Crippen LogP contribution in [0.1, 0.15) is 11.6 Å². The number of hydrogen-bond donors (Lipinski definition) is 2. The van der Waals surface area contributed by atoms with Gasteiger partial charge in [-0.1, -0.05) is 0 Å². The first kappa shape index (κ1) is 19.1. The van der Waals surface area contributed by atoms with Gasteiger partial charge in [0.25, 0.3) is 0 Å². The first-order valence-electron chi connectivity index (χ1n) is 7.95. The van der Waals surface area contributed by atoms with Crippen LogP contribution in [0.25, 0.3) is 0 Å². The van der Waals surface area contributed by atoms with Gasteiger partial charge in [0.2, 0.25) is 10.0 Å². The minimum absolute atomic E-state index is 0.0995. The molecule has 10 heteroatoms. The first-order valence-corrected chi connectivity index (χ1v) is 10.4. The molecule has 3 rings (SSSR count). The fraction of sp³-hybridized carbons (Fsp3) is 0.176. The molecule has 142 valence electrons. The minimum atomic E-state index is -3.72. The van der Waals surface area contributed by atoms with Crippen molar-refractivity contribution in [3.63, 3.8) is 0 Å². The number of amides is 1. The second kappa shape index (κ2) is 8.33. The van der Waals surface area contributed by atoms with Gasteiger partial charge in [-0.3, -0.25) is 10.00 Å².